The number of nitriles is 1. The van der Waals surface area contributed by atoms with Crippen molar-refractivity contribution in [3.05, 3.63) is 36.5 Å². The first-order chi connectivity index (χ1) is 10.4. The first-order valence-corrected chi connectivity index (χ1v) is 7.87. The monoisotopic (exact) mass is 311 g/mol. The molecule has 22 heavy (non-hydrogen) atoms. The van der Waals surface area contributed by atoms with Crippen LogP contribution in [-0.4, -0.2) is 6.18 Å². The first-order valence-electron chi connectivity index (χ1n) is 7.87. The summed E-state index contributed by atoms with van der Waals surface area (Å²) in [6, 6.07) is 1.87. The van der Waals surface area contributed by atoms with Gasteiger partial charge in [-0.3, -0.25) is 0 Å². The maximum Gasteiger partial charge on any atom is 0.399 e. The largest absolute Gasteiger partial charge is 0.399 e. The van der Waals surface area contributed by atoms with Gasteiger partial charge in [0.15, 0.2) is 0 Å². The van der Waals surface area contributed by atoms with Crippen molar-refractivity contribution in [2.75, 3.05) is 0 Å². The van der Waals surface area contributed by atoms with Crippen LogP contribution in [0.4, 0.5) is 13.2 Å². The van der Waals surface area contributed by atoms with E-state index in [9.17, 15) is 18.4 Å². The van der Waals surface area contributed by atoms with Gasteiger partial charge in [0.05, 0.1) is 12.0 Å². The van der Waals surface area contributed by atoms with Crippen LogP contribution in [0.15, 0.2) is 36.5 Å². The lowest BCUT2D eigenvalue weighted by Gasteiger charge is -2.43. The summed E-state index contributed by atoms with van der Waals surface area (Å²) in [5, 5.41) is 9.27. The van der Waals surface area contributed by atoms with Crippen LogP contribution >= 0.6 is 0 Å². The molecule has 1 aliphatic rings. The Morgan fingerprint density at radius 2 is 2.05 bits per heavy atom. The molecule has 0 bridgehead atoms. The van der Waals surface area contributed by atoms with Crippen LogP contribution in [0.5, 0.6) is 0 Å². The van der Waals surface area contributed by atoms with Gasteiger partial charge in [-0.15, -0.1) is 0 Å². The Labute approximate surface area is 131 Å². The second-order valence-corrected chi connectivity index (χ2v) is 5.77. The van der Waals surface area contributed by atoms with E-state index in [2.05, 4.69) is 0 Å². The van der Waals surface area contributed by atoms with Crippen LogP contribution in [0, 0.1) is 28.6 Å². The molecular weight excluding hydrogens is 287 g/mol. The lowest BCUT2D eigenvalue weighted by Crippen LogP contribution is -2.48. The van der Waals surface area contributed by atoms with Crippen molar-refractivity contribution < 1.29 is 13.2 Å². The van der Waals surface area contributed by atoms with Gasteiger partial charge in [-0.1, -0.05) is 49.8 Å². The normalized spacial score (nSPS) is 26.3. The molecule has 0 aromatic heterocycles. The van der Waals surface area contributed by atoms with Crippen molar-refractivity contribution in [2.24, 2.45) is 17.3 Å². The minimum absolute atomic E-state index is 0.478. The van der Waals surface area contributed by atoms with E-state index >= 15 is 0 Å². The van der Waals surface area contributed by atoms with Gasteiger partial charge < -0.3 is 0 Å². The molecule has 0 saturated carbocycles. The van der Waals surface area contributed by atoms with E-state index < -0.39 is 23.4 Å². The molecule has 0 fully saturated rings. The Bertz CT molecular complexity index is 468. The van der Waals surface area contributed by atoms with Gasteiger partial charge in [0, 0.05) is 0 Å². The van der Waals surface area contributed by atoms with Crippen molar-refractivity contribution in [3.8, 4) is 6.07 Å². The van der Waals surface area contributed by atoms with Crippen LogP contribution in [0.3, 0.4) is 0 Å². The lowest BCUT2D eigenvalue weighted by molar-refractivity contribution is -0.233. The van der Waals surface area contributed by atoms with E-state index in [1.165, 1.54) is 18.2 Å². The molecule has 0 aromatic carbocycles. The molecule has 0 saturated heterocycles. The summed E-state index contributed by atoms with van der Waals surface area (Å²) in [5.41, 5.74) is -2.05. The van der Waals surface area contributed by atoms with Crippen molar-refractivity contribution in [2.45, 2.75) is 52.1 Å². The Hall–Kier alpha value is -1.50. The number of allylic oxidation sites excluding steroid dienone is 6. The highest BCUT2D eigenvalue weighted by Gasteiger charge is 2.61. The SMILES string of the molecule is C/C=C/CCCC(CCC)C1(C(F)(F)F)C=CC=CC1C#N. The standard InChI is InChI=1S/C18H24F3N/c1-3-5-6-7-11-15(10-4-2)17(18(19,20)21)13-9-8-12-16(17)14-22/h3,5,8-9,12-13,15-16H,4,6-7,10-11H2,1-2H3/b5-3+. The fourth-order valence-corrected chi connectivity index (χ4v) is 3.31. The zero-order valence-corrected chi connectivity index (χ0v) is 13.2. The lowest BCUT2D eigenvalue weighted by atomic mass is 9.62. The highest BCUT2D eigenvalue weighted by molar-refractivity contribution is 5.28. The van der Waals surface area contributed by atoms with Crippen LogP contribution < -0.4 is 0 Å². The molecule has 0 heterocycles. The van der Waals surface area contributed by atoms with Crippen molar-refractivity contribution in [1.29, 1.82) is 5.26 Å². The molecule has 1 rings (SSSR count). The molecule has 0 aliphatic heterocycles. The first kappa shape index (κ1) is 18.5. The van der Waals surface area contributed by atoms with Gasteiger partial charge in [0.2, 0.25) is 0 Å². The van der Waals surface area contributed by atoms with Crippen LogP contribution in [0.25, 0.3) is 0 Å². The van der Waals surface area contributed by atoms with Gasteiger partial charge in [0.1, 0.15) is 5.41 Å². The van der Waals surface area contributed by atoms with Crippen LogP contribution in [0.1, 0.15) is 46.0 Å². The molecule has 0 amide bonds. The zero-order chi connectivity index (χ0) is 16.6. The van der Waals surface area contributed by atoms with E-state index in [0.29, 0.717) is 25.7 Å². The molecule has 3 atom stereocenters. The number of alkyl halides is 3. The van der Waals surface area contributed by atoms with Crippen LogP contribution in [-0.2, 0) is 0 Å². The highest BCUT2D eigenvalue weighted by atomic mass is 19.4. The summed E-state index contributed by atoms with van der Waals surface area (Å²) in [6.07, 6.45) is 8.19. The minimum atomic E-state index is -4.42. The highest BCUT2D eigenvalue weighted by Crippen LogP contribution is 2.55. The van der Waals surface area contributed by atoms with E-state index in [0.717, 1.165) is 6.42 Å². The zero-order valence-electron chi connectivity index (χ0n) is 13.2. The fourth-order valence-electron chi connectivity index (χ4n) is 3.31. The van der Waals surface area contributed by atoms with Gasteiger partial charge in [-0.25, -0.2) is 0 Å². The van der Waals surface area contributed by atoms with Gasteiger partial charge in [-0.05, 0) is 38.5 Å². The number of rotatable bonds is 7. The molecule has 0 N–H and O–H groups in total. The molecule has 122 valence electrons. The molecule has 0 radical (unpaired) electrons. The number of halogens is 3. The summed E-state index contributed by atoms with van der Waals surface area (Å²) in [6.45, 7) is 3.80. The summed E-state index contributed by atoms with van der Waals surface area (Å²) in [5.74, 6) is -1.70. The maximum absolute atomic E-state index is 13.9. The molecule has 1 aliphatic carbocycles. The predicted molar refractivity (Wildman–Crippen MR) is 82.9 cm³/mol. The number of hydrogen-bond donors (Lipinski definition) is 0. The minimum Gasteiger partial charge on any atom is -0.198 e. The Kier molecular flexibility index (Phi) is 6.93. The third-order valence-electron chi connectivity index (χ3n) is 4.40. The number of unbranched alkanes of at least 4 members (excludes halogenated alkanes) is 1. The second kappa shape index (κ2) is 8.22. The third kappa shape index (κ3) is 3.82. The van der Waals surface area contributed by atoms with Crippen LogP contribution in [0.2, 0.25) is 0 Å². The molecule has 0 aromatic rings. The Morgan fingerprint density at radius 3 is 2.59 bits per heavy atom. The van der Waals surface area contributed by atoms with Crippen molar-refractivity contribution in [3.63, 3.8) is 0 Å². The quantitative estimate of drug-likeness (QED) is 0.420. The van der Waals surface area contributed by atoms with E-state index in [1.807, 2.05) is 32.1 Å². The van der Waals surface area contributed by atoms with Gasteiger partial charge in [-0.2, -0.15) is 18.4 Å². The smallest absolute Gasteiger partial charge is 0.198 e. The summed E-state index contributed by atoms with van der Waals surface area (Å²) >= 11 is 0. The molecule has 0 spiro atoms. The average molecular weight is 311 g/mol. The Balaban J connectivity index is 3.13. The number of hydrogen-bond acceptors (Lipinski definition) is 1. The van der Waals surface area contributed by atoms with Gasteiger partial charge in [0.25, 0.3) is 0 Å². The van der Waals surface area contributed by atoms with Crippen molar-refractivity contribution in [1.82, 2.24) is 0 Å². The molecular formula is C18H24F3N. The Morgan fingerprint density at radius 1 is 1.32 bits per heavy atom. The predicted octanol–water partition coefficient (Wildman–Crippen LogP) is 5.96. The second-order valence-electron chi connectivity index (χ2n) is 5.77. The molecule has 3 unspecified atom stereocenters. The molecule has 1 nitrogen and oxygen atoms in total. The topological polar surface area (TPSA) is 23.8 Å². The summed E-state index contributed by atoms with van der Waals surface area (Å²) in [4.78, 5) is 0. The maximum atomic E-state index is 13.9. The fraction of sp³-hybridized carbons (Fsp3) is 0.611. The third-order valence-corrected chi connectivity index (χ3v) is 4.40. The van der Waals surface area contributed by atoms with E-state index in [4.69, 9.17) is 0 Å². The van der Waals surface area contributed by atoms with E-state index in [-0.39, 0.29) is 0 Å². The van der Waals surface area contributed by atoms with Gasteiger partial charge >= 0.3 is 6.18 Å². The number of nitrogens with zero attached hydrogens (tertiary/aromatic N) is 1. The molecule has 4 heteroatoms. The van der Waals surface area contributed by atoms with E-state index in [1.54, 1.807) is 6.08 Å². The summed E-state index contributed by atoms with van der Waals surface area (Å²) in [7, 11) is 0. The average Bonchev–Trinajstić information content (AvgIpc) is 2.49. The van der Waals surface area contributed by atoms with Crippen molar-refractivity contribution >= 4 is 0 Å². The summed E-state index contributed by atoms with van der Waals surface area (Å²) < 4.78 is 41.8.